The Morgan fingerprint density at radius 3 is 2.83 bits per heavy atom. The Kier molecular flexibility index (Phi) is 5.04. The zero-order chi connectivity index (χ0) is 13.5. The Morgan fingerprint density at radius 2 is 2.22 bits per heavy atom. The first kappa shape index (κ1) is 13.9. The van der Waals surface area contributed by atoms with Gasteiger partial charge in [0.05, 0.1) is 6.61 Å². The number of pyridine rings is 1. The van der Waals surface area contributed by atoms with Crippen LogP contribution in [-0.2, 0) is 4.74 Å². The third-order valence-electron chi connectivity index (χ3n) is 2.33. The molecule has 0 spiro atoms. The normalized spacial score (nSPS) is 10.1. The molecular formula is C11H14N2O5. The Hall–Kier alpha value is -2.18. The molecule has 0 unspecified atom stereocenters. The summed E-state index contributed by atoms with van der Waals surface area (Å²) >= 11 is 0. The van der Waals surface area contributed by atoms with Crippen molar-refractivity contribution in [1.29, 1.82) is 0 Å². The number of nitroso groups, excluding NO2 is 1. The Balaban J connectivity index is 2.80. The fourth-order valence-corrected chi connectivity index (χ4v) is 1.34. The minimum atomic E-state index is -0.856. The van der Waals surface area contributed by atoms with Gasteiger partial charge in [0.2, 0.25) is 5.69 Å². The molecule has 2 N–H and O–H groups in total. The van der Waals surface area contributed by atoms with E-state index in [-0.39, 0.29) is 12.2 Å². The van der Waals surface area contributed by atoms with Crippen LogP contribution in [0.5, 0.6) is 5.75 Å². The number of unbranched alkanes of at least 4 members (excludes halogenated alkanes) is 2. The number of aromatic amines is 1. The molecule has 0 bridgehead atoms. The zero-order valence-electron chi connectivity index (χ0n) is 9.93. The molecule has 1 aromatic heterocycles. The van der Waals surface area contributed by atoms with Crippen molar-refractivity contribution in [2.75, 3.05) is 6.61 Å². The number of ether oxygens (including phenoxy) is 1. The number of carbonyl (C=O) groups excluding carboxylic acids is 1. The lowest BCUT2D eigenvalue weighted by molar-refractivity contribution is 0.0494. The molecule has 7 heteroatoms. The lowest BCUT2D eigenvalue weighted by atomic mass is 10.2. The van der Waals surface area contributed by atoms with Crippen LogP contribution in [0.1, 0.15) is 36.5 Å². The van der Waals surface area contributed by atoms with Gasteiger partial charge >= 0.3 is 5.97 Å². The average Bonchev–Trinajstić information content (AvgIpc) is 2.35. The fourth-order valence-electron chi connectivity index (χ4n) is 1.34. The van der Waals surface area contributed by atoms with E-state index in [9.17, 15) is 19.6 Å². The van der Waals surface area contributed by atoms with Crippen molar-refractivity contribution in [3.63, 3.8) is 0 Å². The quantitative estimate of drug-likeness (QED) is 0.457. The van der Waals surface area contributed by atoms with Crippen molar-refractivity contribution in [2.24, 2.45) is 5.18 Å². The summed E-state index contributed by atoms with van der Waals surface area (Å²) in [5.74, 6) is -1.56. The standard InChI is InChI=1S/C11H14N2O5/c1-2-3-4-5-18-11(16)7-6-12-10(15)8(13-17)9(7)14/h6H,2-5H2,1H3,(H2,12,14,15). The van der Waals surface area contributed by atoms with Crippen LogP contribution < -0.4 is 5.56 Å². The summed E-state index contributed by atoms with van der Waals surface area (Å²) in [7, 11) is 0. The van der Waals surface area contributed by atoms with Crippen molar-refractivity contribution >= 4 is 11.7 Å². The summed E-state index contributed by atoms with van der Waals surface area (Å²) in [6.45, 7) is 2.23. The first-order chi connectivity index (χ1) is 8.61. The number of carbonyl (C=O) groups is 1. The number of hydrogen-bond donors (Lipinski definition) is 2. The SMILES string of the molecule is CCCCCOC(=O)c1c[nH]c(=O)c(N=O)c1O. The molecule has 0 fully saturated rings. The van der Waals surface area contributed by atoms with Crippen LogP contribution in [0.4, 0.5) is 5.69 Å². The molecule has 1 heterocycles. The predicted molar refractivity (Wildman–Crippen MR) is 64.0 cm³/mol. The van der Waals surface area contributed by atoms with E-state index < -0.39 is 23.0 Å². The Labute approximate surface area is 103 Å². The molecule has 0 amide bonds. The molecule has 1 aromatic rings. The van der Waals surface area contributed by atoms with E-state index in [0.717, 1.165) is 19.0 Å². The van der Waals surface area contributed by atoms with E-state index in [1.807, 2.05) is 6.92 Å². The first-order valence-electron chi connectivity index (χ1n) is 5.57. The van der Waals surface area contributed by atoms with Crippen LogP contribution in [0.25, 0.3) is 0 Å². The van der Waals surface area contributed by atoms with Crippen LogP contribution in [0.2, 0.25) is 0 Å². The molecule has 98 valence electrons. The minimum Gasteiger partial charge on any atom is -0.505 e. The Bertz CT molecular complexity index is 495. The van der Waals surface area contributed by atoms with Crippen LogP contribution in [0.15, 0.2) is 16.2 Å². The van der Waals surface area contributed by atoms with Gasteiger partial charge in [-0.3, -0.25) is 4.79 Å². The van der Waals surface area contributed by atoms with Gasteiger partial charge in [-0.1, -0.05) is 19.8 Å². The van der Waals surface area contributed by atoms with Gasteiger partial charge in [-0.2, -0.15) is 0 Å². The highest BCUT2D eigenvalue weighted by Crippen LogP contribution is 2.25. The fraction of sp³-hybridized carbons (Fsp3) is 0.455. The van der Waals surface area contributed by atoms with Gasteiger partial charge in [0.15, 0.2) is 5.75 Å². The topological polar surface area (TPSA) is 109 Å². The molecule has 0 atom stereocenters. The molecule has 0 aromatic carbocycles. The lowest BCUT2D eigenvalue weighted by Crippen LogP contribution is -2.12. The van der Waals surface area contributed by atoms with Crippen LogP contribution in [-0.4, -0.2) is 22.7 Å². The van der Waals surface area contributed by atoms with Crippen molar-refractivity contribution < 1.29 is 14.6 Å². The maximum absolute atomic E-state index is 11.6. The number of nitrogens with one attached hydrogen (secondary N) is 1. The first-order valence-corrected chi connectivity index (χ1v) is 5.57. The number of nitrogens with zero attached hydrogens (tertiary/aromatic N) is 1. The molecule has 0 aliphatic heterocycles. The summed E-state index contributed by atoms with van der Waals surface area (Å²) < 4.78 is 4.89. The van der Waals surface area contributed by atoms with E-state index in [1.54, 1.807) is 0 Å². The molecule has 1 rings (SSSR count). The number of hydrogen-bond acceptors (Lipinski definition) is 6. The van der Waals surface area contributed by atoms with Gasteiger partial charge in [0, 0.05) is 6.20 Å². The smallest absolute Gasteiger partial charge is 0.343 e. The average molecular weight is 254 g/mol. The van der Waals surface area contributed by atoms with E-state index in [1.165, 1.54) is 0 Å². The van der Waals surface area contributed by atoms with Crippen LogP contribution in [0, 0.1) is 4.91 Å². The number of rotatable bonds is 6. The van der Waals surface area contributed by atoms with Gasteiger partial charge in [-0.25, -0.2) is 4.79 Å². The van der Waals surface area contributed by atoms with Gasteiger partial charge in [0.1, 0.15) is 5.56 Å². The number of esters is 1. The maximum Gasteiger partial charge on any atom is 0.343 e. The third kappa shape index (κ3) is 3.16. The summed E-state index contributed by atoms with van der Waals surface area (Å²) in [4.78, 5) is 35.1. The van der Waals surface area contributed by atoms with E-state index >= 15 is 0 Å². The van der Waals surface area contributed by atoms with E-state index in [2.05, 4.69) is 10.2 Å². The second-order valence-corrected chi connectivity index (χ2v) is 3.66. The van der Waals surface area contributed by atoms with Crippen molar-refractivity contribution in [2.45, 2.75) is 26.2 Å². The van der Waals surface area contributed by atoms with E-state index in [4.69, 9.17) is 4.74 Å². The second-order valence-electron chi connectivity index (χ2n) is 3.66. The van der Waals surface area contributed by atoms with Crippen LogP contribution >= 0.6 is 0 Å². The molecule has 0 aliphatic rings. The Morgan fingerprint density at radius 1 is 1.50 bits per heavy atom. The van der Waals surface area contributed by atoms with Gasteiger partial charge in [0.25, 0.3) is 5.56 Å². The van der Waals surface area contributed by atoms with Crippen molar-refractivity contribution in [3.05, 3.63) is 27.0 Å². The largest absolute Gasteiger partial charge is 0.505 e. The molecule has 0 saturated carbocycles. The highest BCUT2D eigenvalue weighted by atomic mass is 16.5. The monoisotopic (exact) mass is 254 g/mol. The molecule has 0 aliphatic carbocycles. The highest BCUT2D eigenvalue weighted by Gasteiger charge is 2.19. The van der Waals surface area contributed by atoms with Gasteiger partial charge < -0.3 is 14.8 Å². The summed E-state index contributed by atoms with van der Waals surface area (Å²) in [6.07, 6.45) is 3.62. The van der Waals surface area contributed by atoms with Gasteiger partial charge in [-0.15, -0.1) is 4.91 Å². The van der Waals surface area contributed by atoms with E-state index in [0.29, 0.717) is 6.42 Å². The lowest BCUT2D eigenvalue weighted by Gasteiger charge is -2.06. The van der Waals surface area contributed by atoms with Crippen molar-refractivity contribution in [3.8, 4) is 5.75 Å². The highest BCUT2D eigenvalue weighted by molar-refractivity contribution is 5.93. The molecule has 0 radical (unpaired) electrons. The molecule has 0 saturated heterocycles. The number of aromatic hydroxyl groups is 1. The summed E-state index contributed by atoms with van der Waals surface area (Å²) in [5.41, 5.74) is -1.86. The van der Waals surface area contributed by atoms with Crippen molar-refractivity contribution in [1.82, 2.24) is 4.98 Å². The second kappa shape index (κ2) is 6.53. The third-order valence-corrected chi connectivity index (χ3v) is 2.33. The maximum atomic E-state index is 11.6. The molecule has 7 nitrogen and oxygen atoms in total. The minimum absolute atomic E-state index is 0.217. The number of H-pyrrole nitrogens is 1. The predicted octanol–water partition coefficient (Wildman–Crippen LogP) is 1.83. The molecule has 18 heavy (non-hydrogen) atoms. The summed E-state index contributed by atoms with van der Waals surface area (Å²) in [5, 5.41) is 11.9. The summed E-state index contributed by atoms with van der Waals surface area (Å²) in [6, 6.07) is 0. The van der Waals surface area contributed by atoms with Gasteiger partial charge in [-0.05, 0) is 11.6 Å². The number of aromatic nitrogens is 1. The zero-order valence-corrected chi connectivity index (χ0v) is 9.93. The molecular weight excluding hydrogens is 240 g/mol. The van der Waals surface area contributed by atoms with Crippen LogP contribution in [0.3, 0.4) is 0 Å².